The number of carbonyl (C=O) groups excluding carboxylic acids is 4. The van der Waals surface area contributed by atoms with Gasteiger partial charge in [0.05, 0.1) is 81.5 Å². The lowest BCUT2D eigenvalue weighted by Gasteiger charge is -2.38. The second-order valence-electron chi connectivity index (χ2n) is 22.6. The number of piperidine rings is 1. The highest BCUT2D eigenvalue weighted by Gasteiger charge is 2.46. The number of rotatable bonds is 25. The largest absolute Gasteiger partial charge is 0.497 e. The van der Waals surface area contributed by atoms with Gasteiger partial charge in [-0.25, -0.2) is 24.1 Å². The molecule has 11 rings (SSSR count). The van der Waals surface area contributed by atoms with Crippen molar-refractivity contribution in [1.82, 2.24) is 59.7 Å². The fraction of sp³-hybridized carbons (Fsp3) is 0.364. The average molecular weight is 1280 g/mol. The smallest absolute Gasteiger partial charge is 0.326 e. The number of anilines is 1. The molecule has 3 atom stereocenters. The van der Waals surface area contributed by atoms with E-state index >= 15 is 4.79 Å². The van der Waals surface area contributed by atoms with E-state index < -0.39 is 18.1 Å². The quantitative estimate of drug-likeness (QED) is 0.0506. The molecule has 3 aliphatic heterocycles. The molecule has 3 N–H and O–H groups in total. The maximum Gasteiger partial charge on any atom is 0.326 e. The van der Waals surface area contributed by atoms with Crippen LogP contribution in [-0.4, -0.2) is 169 Å². The van der Waals surface area contributed by atoms with Crippen molar-refractivity contribution in [1.29, 1.82) is 0 Å². The van der Waals surface area contributed by atoms with Gasteiger partial charge in [-0.1, -0.05) is 70.9 Å². The SMILES string of the molecule is COc1ccc(C2=N[C@H](c3ccc(Cl)cc3)[C@H](c3ccc(Cl)cc3)N2C(=O)N2CCN(CC(=O)NCCOCCOCCn3cc(CCCC(=O)N4CCC[C@@H](n5nc(-c6ccc(Oc7ccccc7)cc6)c6c(N)ncnc65)C4)nn3)C(=O)C2)c(OC(C)C)c1. The van der Waals surface area contributed by atoms with Gasteiger partial charge in [-0.05, 0) is 123 Å². The van der Waals surface area contributed by atoms with Crippen LogP contribution in [-0.2, 0) is 36.8 Å². The number of amides is 5. The summed E-state index contributed by atoms with van der Waals surface area (Å²) < 4.78 is 33.0. The Kier molecular flexibility index (Phi) is 20.7. The van der Waals surface area contributed by atoms with Gasteiger partial charge in [-0.3, -0.25) is 24.3 Å². The van der Waals surface area contributed by atoms with E-state index in [2.05, 4.69) is 25.6 Å². The van der Waals surface area contributed by atoms with Crippen LogP contribution in [0.2, 0.25) is 10.0 Å². The zero-order chi connectivity index (χ0) is 63.4. The highest BCUT2D eigenvalue weighted by molar-refractivity contribution is 6.30. The maximum atomic E-state index is 15.1. The van der Waals surface area contributed by atoms with Crippen LogP contribution in [0.15, 0.2) is 139 Å². The van der Waals surface area contributed by atoms with Crippen molar-refractivity contribution in [3.05, 3.63) is 166 Å². The van der Waals surface area contributed by atoms with Crippen LogP contribution in [0.25, 0.3) is 22.3 Å². The van der Waals surface area contributed by atoms with Gasteiger partial charge in [0, 0.05) is 67.0 Å². The fourth-order valence-electron chi connectivity index (χ4n) is 11.5. The molecule has 2 fully saturated rings. The summed E-state index contributed by atoms with van der Waals surface area (Å²) >= 11 is 12.7. The van der Waals surface area contributed by atoms with Crippen molar-refractivity contribution in [2.24, 2.45) is 4.99 Å². The number of nitrogen functional groups attached to an aromatic ring is 1. The molecule has 5 aromatic carbocycles. The first-order valence-electron chi connectivity index (χ1n) is 30.5. The van der Waals surface area contributed by atoms with Crippen LogP contribution >= 0.6 is 23.2 Å². The molecule has 474 valence electrons. The number of urea groups is 1. The van der Waals surface area contributed by atoms with E-state index in [1.54, 1.807) is 53.1 Å². The lowest BCUT2D eigenvalue weighted by atomic mass is 9.93. The number of aliphatic imine (C=N–C) groups is 1. The molecule has 0 saturated carbocycles. The minimum Gasteiger partial charge on any atom is -0.497 e. The summed E-state index contributed by atoms with van der Waals surface area (Å²) in [5.74, 6) is 2.51. The van der Waals surface area contributed by atoms with Crippen molar-refractivity contribution >= 4 is 69.6 Å². The van der Waals surface area contributed by atoms with Crippen molar-refractivity contribution in [3.8, 4) is 34.3 Å². The van der Waals surface area contributed by atoms with Crippen LogP contribution < -0.4 is 25.3 Å². The summed E-state index contributed by atoms with van der Waals surface area (Å²) in [7, 11) is 1.57. The van der Waals surface area contributed by atoms with Gasteiger partial charge >= 0.3 is 6.03 Å². The number of likely N-dealkylation sites (tertiary alicyclic amines) is 1. The number of aromatic nitrogens is 7. The zero-order valence-electron chi connectivity index (χ0n) is 50.9. The molecule has 0 unspecified atom stereocenters. The number of para-hydroxylation sites is 1. The predicted molar refractivity (Wildman–Crippen MR) is 343 cm³/mol. The Labute approximate surface area is 537 Å². The topological polar surface area (TPSA) is 252 Å². The highest BCUT2D eigenvalue weighted by Crippen LogP contribution is 2.46. The Balaban J connectivity index is 0.592. The summed E-state index contributed by atoms with van der Waals surface area (Å²) in [4.78, 5) is 76.3. The number of benzene rings is 5. The number of hydrogen-bond acceptors (Lipinski definition) is 16. The van der Waals surface area contributed by atoms with E-state index in [1.165, 1.54) is 16.1 Å². The molecular weight excluding hydrogens is 1200 g/mol. The molecule has 6 heterocycles. The molecule has 0 radical (unpaired) electrons. The second kappa shape index (κ2) is 29.6. The number of nitrogens with one attached hydrogen (secondary N) is 1. The Morgan fingerprint density at radius 1 is 0.802 bits per heavy atom. The summed E-state index contributed by atoms with van der Waals surface area (Å²) in [5.41, 5.74) is 11.5. The van der Waals surface area contributed by atoms with E-state index in [9.17, 15) is 14.4 Å². The lowest BCUT2D eigenvalue weighted by Crippen LogP contribution is -2.57. The van der Waals surface area contributed by atoms with Crippen LogP contribution in [0.5, 0.6) is 23.0 Å². The third-order valence-corrected chi connectivity index (χ3v) is 16.5. The standard InChI is InChI=1S/C66H72Cl2N14O9/c1-43(2)90-55-37-53(87-3)26-27-54(55)64-73-61(45-14-20-47(67)21-15-45)62(46-16-22-48(68)23-17-46)81(64)66(86)79-31-30-78(58(85)41-79)40-56(83)70-28-33-88-35-36-89-34-32-80-38-49(74-76-80)9-7-13-57(84)77-29-8-10-50(39-77)82-65-59(63(69)71-42-72-65)60(75-82)44-18-24-52(25-19-44)91-51-11-5-4-6-12-51/h4-6,11-12,14-27,37-38,42-43,50,61-62H,7-10,13,28-36,39-41H2,1-3H3,(H,70,83)(H2,69,71,72)/t50-,61-,62+/m1/s1. The third-order valence-electron chi connectivity index (χ3n) is 15.9. The monoisotopic (exact) mass is 1270 g/mol. The number of hydrogen-bond donors (Lipinski definition) is 2. The van der Waals surface area contributed by atoms with Crippen LogP contribution in [0, 0.1) is 0 Å². The van der Waals surface area contributed by atoms with Gasteiger partial charge in [0.15, 0.2) is 5.65 Å². The summed E-state index contributed by atoms with van der Waals surface area (Å²) in [6, 6.07) is 35.5. The molecule has 23 nitrogen and oxygen atoms in total. The molecule has 3 aromatic heterocycles. The van der Waals surface area contributed by atoms with E-state index in [4.69, 9.17) is 62.7 Å². The number of amidine groups is 1. The highest BCUT2D eigenvalue weighted by atomic mass is 35.5. The van der Waals surface area contributed by atoms with Crippen LogP contribution in [0.3, 0.4) is 0 Å². The number of nitrogens with zero attached hydrogens (tertiary/aromatic N) is 12. The molecule has 0 spiro atoms. The summed E-state index contributed by atoms with van der Waals surface area (Å²) in [6.45, 7) is 6.79. The Morgan fingerprint density at radius 2 is 1.53 bits per heavy atom. The van der Waals surface area contributed by atoms with Gasteiger partial charge in [0.1, 0.15) is 59.3 Å². The van der Waals surface area contributed by atoms with E-state index in [0.717, 1.165) is 41.0 Å². The van der Waals surface area contributed by atoms with Crippen molar-refractivity contribution in [2.75, 3.05) is 85.1 Å². The van der Waals surface area contributed by atoms with Gasteiger partial charge in [-0.15, -0.1) is 5.10 Å². The summed E-state index contributed by atoms with van der Waals surface area (Å²) in [6.07, 6.45) is 6.34. The molecule has 3 aliphatic rings. The molecule has 2 saturated heterocycles. The number of carbonyl (C=O) groups is 4. The van der Waals surface area contributed by atoms with Crippen molar-refractivity contribution < 1.29 is 42.9 Å². The Hall–Kier alpha value is -9.16. The van der Waals surface area contributed by atoms with Crippen LogP contribution in [0.1, 0.15) is 80.0 Å². The second-order valence-corrected chi connectivity index (χ2v) is 23.5. The van der Waals surface area contributed by atoms with Gasteiger partial charge in [0.2, 0.25) is 17.7 Å². The lowest BCUT2D eigenvalue weighted by molar-refractivity contribution is -0.139. The first-order chi connectivity index (χ1) is 44.3. The molecule has 0 bridgehead atoms. The number of aryl methyl sites for hydroxylation is 1. The Bertz CT molecular complexity index is 3850. The fourth-order valence-corrected chi connectivity index (χ4v) is 11.7. The normalized spacial score (nSPS) is 16.8. The molecule has 5 amide bonds. The molecular formula is C66H72Cl2N14O9. The number of ether oxygens (including phenoxy) is 5. The molecule has 25 heteroatoms. The minimum absolute atomic E-state index is 0.0739. The van der Waals surface area contributed by atoms with E-state index in [0.29, 0.717) is 120 Å². The molecule has 8 aromatic rings. The number of piperazine rings is 1. The predicted octanol–water partition coefficient (Wildman–Crippen LogP) is 9.41. The number of methoxy groups -OCH3 is 1. The van der Waals surface area contributed by atoms with E-state index in [-0.39, 0.29) is 69.2 Å². The zero-order valence-corrected chi connectivity index (χ0v) is 52.4. The Morgan fingerprint density at radius 3 is 2.26 bits per heavy atom. The van der Waals surface area contributed by atoms with Crippen LogP contribution in [0.4, 0.5) is 10.6 Å². The first-order valence-corrected chi connectivity index (χ1v) is 31.2. The van der Waals surface area contributed by atoms with Gasteiger partial charge in [-0.2, -0.15) is 5.10 Å². The first kappa shape index (κ1) is 63.4. The summed E-state index contributed by atoms with van der Waals surface area (Å²) in [5, 5.41) is 18.2. The van der Waals surface area contributed by atoms with Crippen molar-refractivity contribution in [3.63, 3.8) is 0 Å². The minimum atomic E-state index is -0.661. The maximum absolute atomic E-state index is 15.1. The number of halogens is 2. The number of fused-ring (bicyclic) bond motifs is 1. The molecule has 0 aliphatic carbocycles. The van der Waals surface area contributed by atoms with Gasteiger partial charge < -0.3 is 49.4 Å². The van der Waals surface area contributed by atoms with E-state index in [1.807, 2.05) is 115 Å². The number of nitrogens with two attached hydrogens (primary N) is 1. The average Bonchev–Trinajstić information content (AvgIpc) is 1.63. The van der Waals surface area contributed by atoms with Crippen molar-refractivity contribution in [2.45, 2.75) is 76.7 Å². The molecule has 91 heavy (non-hydrogen) atoms. The third kappa shape index (κ3) is 15.5. The van der Waals surface area contributed by atoms with Gasteiger partial charge in [0.25, 0.3) is 0 Å².